The van der Waals surface area contributed by atoms with E-state index in [0.717, 1.165) is 30.8 Å². The van der Waals surface area contributed by atoms with E-state index in [-0.39, 0.29) is 12.1 Å². The van der Waals surface area contributed by atoms with Gasteiger partial charge in [0.15, 0.2) is 0 Å². The van der Waals surface area contributed by atoms with Crippen LogP contribution >= 0.6 is 0 Å². The van der Waals surface area contributed by atoms with Gasteiger partial charge in [-0.25, -0.2) is 4.79 Å². The topological polar surface area (TPSA) is 47.4 Å². The highest BCUT2D eigenvalue weighted by molar-refractivity contribution is 5.69. The first-order chi connectivity index (χ1) is 9.67. The summed E-state index contributed by atoms with van der Waals surface area (Å²) in [6, 6.07) is 2.13. The zero-order chi connectivity index (χ0) is 15.8. The number of nitrogens with zero attached hydrogens (tertiary/aromatic N) is 3. The van der Waals surface area contributed by atoms with Gasteiger partial charge in [-0.15, -0.1) is 0 Å². The summed E-state index contributed by atoms with van der Waals surface area (Å²) in [4.78, 5) is 14.4. The summed E-state index contributed by atoms with van der Waals surface area (Å²) in [7, 11) is 1.94. The van der Waals surface area contributed by atoms with Crippen LogP contribution < -0.4 is 0 Å². The van der Waals surface area contributed by atoms with E-state index in [4.69, 9.17) is 4.74 Å². The van der Waals surface area contributed by atoms with Gasteiger partial charge in [-0.05, 0) is 52.5 Å². The summed E-state index contributed by atoms with van der Waals surface area (Å²) in [5.41, 5.74) is 1.60. The molecule has 1 aliphatic rings. The molecule has 5 nitrogen and oxygen atoms in total. The predicted molar refractivity (Wildman–Crippen MR) is 82.0 cm³/mol. The average molecular weight is 293 g/mol. The van der Waals surface area contributed by atoms with Crippen molar-refractivity contribution < 1.29 is 9.53 Å². The molecular formula is C16H27N3O2. The van der Waals surface area contributed by atoms with Crippen LogP contribution in [0.15, 0.2) is 6.07 Å². The number of carbonyl (C=O) groups excluding carboxylic acids is 1. The minimum atomic E-state index is -0.468. The lowest BCUT2D eigenvalue weighted by Gasteiger charge is -2.39. The Morgan fingerprint density at radius 2 is 2.05 bits per heavy atom. The quantitative estimate of drug-likeness (QED) is 0.797. The second kappa shape index (κ2) is 5.70. The number of rotatable bonds is 1. The number of hydrogen-bond acceptors (Lipinski definition) is 3. The largest absolute Gasteiger partial charge is 0.444 e. The molecule has 0 aromatic carbocycles. The number of likely N-dealkylation sites (tertiary alicyclic amines) is 1. The van der Waals surface area contributed by atoms with Crippen molar-refractivity contribution in [2.24, 2.45) is 13.0 Å². The van der Waals surface area contributed by atoms with E-state index in [9.17, 15) is 4.79 Å². The first-order valence-corrected chi connectivity index (χ1v) is 7.67. The fraction of sp³-hybridized carbons (Fsp3) is 0.750. The molecule has 0 aliphatic carbocycles. The molecule has 0 radical (unpaired) electrons. The Balaban J connectivity index is 2.25. The molecule has 1 aromatic rings. The molecular weight excluding hydrogens is 266 g/mol. The lowest BCUT2D eigenvalue weighted by atomic mass is 9.92. The monoisotopic (exact) mass is 293 g/mol. The maximum Gasteiger partial charge on any atom is 0.410 e. The molecule has 0 bridgehead atoms. The van der Waals surface area contributed by atoms with E-state index in [2.05, 4.69) is 18.1 Å². The lowest BCUT2D eigenvalue weighted by Crippen LogP contribution is -2.44. The first-order valence-electron chi connectivity index (χ1n) is 7.67. The van der Waals surface area contributed by atoms with E-state index in [0.29, 0.717) is 5.92 Å². The summed E-state index contributed by atoms with van der Waals surface area (Å²) in [6.45, 7) is 10.6. The Morgan fingerprint density at radius 1 is 1.38 bits per heavy atom. The van der Waals surface area contributed by atoms with E-state index >= 15 is 0 Å². The Hall–Kier alpha value is -1.52. The van der Waals surface area contributed by atoms with Crippen LogP contribution in [0.5, 0.6) is 0 Å². The molecule has 2 heterocycles. The van der Waals surface area contributed by atoms with Crippen LogP contribution in [0.1, 0.15) is 58.0 Å². The van der Waals surface area contributed by atoms with Crippen molar-refractivity contribution in [2.75, 3.05) is 6.54 Å². The first kappa shape index (κ1) is 15.9. The van der Waals surface area contributed by atoms with Crippen LogP contribution in [0.3, 0.4) is 0 Å². The average Bonchev–Trinajstić information content (AvgIpc) is 2.66. The third-order valence-corrected chi connectivity index (χ3v) is 3.83. The minimum Gasteiger partial charge on any atom is -0.444 e. The van der Waals surface area contributed by atoms with Gasteiger partial charge in [-0.2, -0.15) is 5.10 Å². The standard InChI is InChI=1S/C16H27N3O2/c1-11-7-8-13(14-9-12(2)17-18(14)6)19(10-11)15(20)21-16(3,4)5/h9,11,13H,7-8,10H2,1-6H3. The number of carbonyl (C=O) groups is 1. The van der Waals surface area contributed by atoms with Crippen molar-refractivity contribution in [3.05, 3.63) is 17.5 Å². The number of piperidine rings is 1. The molecule has 0 saturated carbocycles. The smallest absolute Gasteiger partial charge is 0.410 e. The van der Waals surface area contributed by atoms with Crippen LogP contribution in [0.25, 0.3) is 0 Å². The maximum absolute atomic E-state index is 12.5. The predicted octanol–water partition coefficient (Wildman–Crippen LogP) is 3.44. The van der Waals surface area contributed by atoms with Gasteiger partial charge in [-0.1, -0.05) is 6.92 Å². The van der Waals surface area contributed by atoms with Crippen LogP contribution in [0.2, 0.25) is 0 Å². The molecule has 0 spiro atoms. The van der Waals surface area contributed by atoms with Crippen molar-refractivity contribution in [3.8, 4) is 0 Å². The highest BCUT2D eigenvalue weighted by Crippen LogP contribution is 2.34. The molecule has 1 saturated heterocycles. The van der Waals surface area contributed by atoms with Gasteiger partial charge in [0, 0.05) is 13.6 Å². The van der Waals surface area contributed by atoms with Crippen LogP contribution in [0, 0.1) is 12.8 Å². The minimum absolute atomic E-state index is 0.0576. The third-order valence-electron chi connectivity index (χ3n) is 3.83. The van der Waals surface area contributed by atoms with Crippen molar-refractivity contribution in [1.82, 2.24) is 14.7 Å². The summed E-state index contributed by atoms with van der Waals surface area (Å²) in [5.74, 6) is 0.503. The fourth-order valence-electron chi connectivity index (χ4n) is 2.92. The molecule has 118 valence electrons. The SMILES string of the molecule is Cc1cc(C2CCC(C)CN2C(=O)OC(C)(C)C)n(C)n1. The Bertz CT molecular complexity index is 516. The van der Waals surface area contributed by atoms with Gasteiger partial charge in [0.05, 0.1) is 17.4 Å². The van der Waals surface area contributed by atoms with Crippen molar-refractivity contribution in [1.29, 1.82) is 0 Å². The number of ether oxygens (including phenoxy) is 1. The van der Waals surface area contributed by atoms with Gasteiger partial charge in [-0.3, -0.25) is 9.58 Å². The molecule has 21 heavy (non-hydrogen) atoms. The van der Waals surface area contributed by atoms with Gasteiger partial charge >= 0.3 is 6.09 Å². The molecule has 1 aromatic heterocycles. The van der Waals surface area contributed by atoms with Crippen molar-refractivity contribution in [3.63, 3.8) is 0 Å². The number of aromatic nitrogens is 2. The molecule has 2 unspecified atom stereocenters. The van der Waals surface area contributed by atoms with Crippen LogP contribution in [-0.2, 0) is 11.8 Å². The molecule has 2 rings (SSSR count). The Labute approximate surface area is 127 Å². The van der Waals surface area contributed by atoms with Crippen molar-refractivity contribution in [2.45, 2.75) is 59.1 Å². The lowest BCUT2D eigenvalue weighted by molar-refractivity contribution is 0.00260. The second-order valence-corrected chi connectivity index (χ2v) is 7.17. The van der Waals surface area contributed by atoms with Gasteiger partial charge < -0.3 is 4.74 Å². The number of aryl methyl sites for hydroxylation is 2. The molecule has 5 heteroatoms. The maximum atomic E-state index is 12.5. The highest BCUT2D eigenvalue weighted by Gasteiger charge is 2.35. The summed E-state index contributed by atoms with van der Waals surface area (Å²) >= 11 is 0. The van der Waals surface area contributed by atoms with Gasteiger partial charge in [0.1, 0.15) is 5.60 Å². The van der Waals surface area contributed by atoms with Crippen LogP contribution in [-0.4, -0.2) is 32.9 Å². The fourth-order valence-corrected chi connectivity index (χ4v) is 2.92. The Kier molecular flexibility index (Phi) is 4.30. The third kappa shape index (κ3) is 3.77. The molecule has 2 atom stereocenters. The highest BCUT2D eigenvalue weighted by atomic mass is 16.6. The van der Waals surface area contributed by atoms with Crippen molar-refractivity contribution >= 4 is 6.09 Å². The molecule has 0 N–H and O–H groups in total. The van der Waals surface area contributed by atoms with E-state index < -0.39 is 5.60 Å². The number of amides is 1. The van der Waals surface area contributed by atoms with Gasteiger partial charge in [0.25, 0.3) is 0 Å². The summed E-state index contributed by atoms with van der Waals surface area (Å²) in [6.07, 6.45) is 1.85. The normalized spacial score (nSPS) is 23.2. The molecule has 1 fully saturated rings. The van der Waals surface area contributed by atoms with E-state index in [1.807, 2.05) is 44.3 Å². The summed E-state index contributed by atoms with van der Waals surface area (Å²) in [5, 5.41) is 4.41. The molecule has 1 amide bonds. The summed E-state index contributed by atoms with van der Waals surface area (Å²) < 4.78 is 7.46. The van der Waals surface area contributed by atoms with Gasteiger partial charge in [0.2, 0.25) is 0 Å². The van der Waals surface area contributed by atoms with E-state index in [1.54, 1.807) is 0 Å². The zero-order valence-corrected chi connectivity index (χ0v) is 14.0. The second-order valence-electron chi connectivity index (χ2n) is 7.17. The number of hydrogen-bond donors (Lipinski definition) is 0. The van der Waals surface area contributed by atoms with Crippen LogP contribution in [0.4, 0.5) is 4.79 Å². The van der Waals surface area contributed by atoms with E-state index in [1.165, 1.54) is 0 Å². The molecule has 1 aliphatic heterocycles. The zero-order valence-electron chi connectivity index (χ0n) is 14.0. The Morgan fingerprint density at radius 3 is 2.57 bits per heavy atom.